The van der Waals surface area contributed by atoms with Crippen molar-refractivity contribution in [3.63, 3.8) is 0 Å². The predicted octanol–water partition coefficient (Wildman–Crippen LogP) is 6.00. The number of benzene rings is 2. The number of nitrogens with one attached hydrogen (secondary N) is 1. The Hall–Kier alpha value is -1.75. The molecule has 0 radical (unpaired) electrons. The third kappa shape index (κ3) is 4.95. The van der Waals surface area contributed by atoms with E-state index in [1.807, 2.05) is 0 Å². The summed E-state index contributed by atoms with van der Waals surface area (Å²) in [6.07, 6.45) is 7.35. The summed E-state index contributed by atoms with van der Waals surface area (Å²) in [6.45, 7) is 18.3. The SMILES string of the molecule is CC(C)(C)c1cc(C(C)(C)C)c2sc3ccc(CN4CCC[NH+]5CCCCCC45)cc3c(=O)c2c1. The minimum Gasteiger partial charge on any atom is -0.320 e. The Kier molecular flexibility index (Phi) is 6.61. The highest BCUT2D eigenvalue weighted by Crippen LogP contribution is 2.38. The molecule has 2 atom stereocenters. The van der Waals surface area contributed by atoms with Crippen molar-refractivity contribution in [2.75, 3.05) is 19.6 Å². The summed E-state index contributed by atoms with van der Waals surface area (Å²) in [4.78, 5) is 18.4. The van der Waals surface area contributed by atoms with Crippen molar-refractivity contribution >= 4 is 31.5 Å². The third-order valence-electron chi connectivity index (χ3n) is 8.22. The molecule has 3 heterocycles. The van der Waals surface area contributed by atoms with Crippen molar-refractivity contribution in [1.82, 2.24) is 4.90 Å². The van der Waals surface area contributed by atoms with Crippen LogP contribution in [0.3, 0.4) is 0 Å². The number of quaternary nitrogens is 1. The lowest BCUT2D eigenvalue weighted by Crippen LogP contribution is -3.18. The van der Waals surface area contributed by atoms with Crippen molar-refractivity contribution in [3.05, 3.63) is 57.2 Å². The highest BCUT2D eigenvalue weighted by molar-refractivity contribution is 7.24. The van der Waals surface area contributed by atoms with Gasteiger partial charge in [-0.05, 0) is 65.0 Å². The number of hydrogen-bond acceptors (Lipinski definition) is 3. The Morgan fingerprint density at radius 1 is 0.914 bits per heavy atom. The van der Waals surface area contributed by atoms with E-state index in [9.17, 15) is 4.79 Å². The van der Waals surface area contributed by atoms with Crippen LogP contribution in [0.2, 0.25) is 0 Å². The van der Waals surface area contributed by atoms with Crippen LogP contribution in [0.5, 0.6) is 0 Å². The molecule has 0 amide bonds. The first-order valence-corrected chi connectivity index (χ1v) is 14.5. The molecule has 5 rings (SSSR count). The molecule has 4 heteroatoms. The largest absolute Gasteiger partial charge is 0.320 e. The average molecular weight is 492 g/mol. The smallest absolute Gasteiger partial charge is 0.195 e. The fourth-order valence-corrected chi connectivity index (χ4v) is 7.51. The van der Waals surface area contributed by atoms with E-state index in [1.54, 1.807) is 16.2 Å². The van der Waals surface area contributed by atoms with Gasteiger partial charge in [0.2, 0.25) is 0 Å². The van der Waals surface area contributed by atoms with E-state index >= 15 is 0 Å². The number of nitrogens with zero attached hydrogens (tertiary/aromatic N) is 1. The quantitative estimate of drug-likeness (QED) is 0.445. The molecule has 2 aliphatic rings. The maximum Gasteiger partial charge on any atom is 0.195 e. The maximum atomic E-state index is 14.0. The lowest BCUT2D eigenvalue weighted by Gasteiger charge is -2.40. The molecule has 1 N–H and O–H groups in total. The van der Waals surface area contributed by atoms with Crippen LogP contribution in [-0.2, 0) is 17.4 Å². The molecule has 35 heavy (non-hydrogen) atoms. The second-order valence-corrected chi connectivity index (χ2v) is 14.1. The molecule has 188 valence electrons. The minimum absolute atomic E-state index is 0.00326. The van der Waals surface area contributed by atoms with Gasteiger partial charge < -0.3 is 4.90 Å². The molecule has 1 aromatic heterocycles. The van der Waals surface area contributed by atoms with E-state index in [1.165, 1.54) is 68.4 Å². The lowest BCUT2D eigenvalue weighted by molar-refractivity contribution is -0.943. The van der Waals surface area contributed by atoms with Crippen LogP contribution in [0.1, 0.15) is 90.3 Å². The Labute approximate surface area is 215 Å². The molecule has 2 fully saturated rings. The molecule has 2 aliphatic heterocycles. The van der Waals surface area contributed by atoms with Gasteiger partial charge in [0.15, 0.2) is 5.43 Å². The van der Waals surface area contributed by atoms with Crippen molar-refractivity contribution in [3.8, 4) is 0 Å². The van der Waals surface area contributed by atoms with Gasteiger partial charge in [-0.25, -0.2) is 4.90 Å². The molecule has 0 saturated carbocycles. The van der Waals surface area contributed by atoms with E-state index in [-0.39, 0.29) is 16.3 Å². The minimum atomic E-state index is -0.0166. The lowest BCUT2D eigenvalue weighted by atomic mass is 9.80. The van der Waals surface area contributed by atoms with E-state index < -0.39 is 0 Å². The zero-order valence-electron chi connectivity index (χ0n) is 22.6. The fourth-order valence-electron chi connectivity index (χ4n) is 6.15. The fraction of sp³-hybridized carbons (Fsp3) is 0.581. The molecule has 2 aromatic carbocycles. The summed E-state index contributed by atoms with van der Waals surface area (Å²) in [6, 6.07) is 11.2. The zero-order chi connectivity index (χ0) is 25.0. The van der Waals surface area contributed by atoms with E-state index in [0.717, 1.165) is 26.7 Å². The highest BCUT2D eigenvalue weighted by Gasteiger charge is 2.33. The molecule has 2 unspecified atom stereocenters. The monoisotopic (exact) mass is 491 g/mol. The third-order valence-corrected chi connectivity index (χ3v) is 9.44. The normalized spacial score (nSPS) is 22.3. The first-order valence-electron chi connectivity index (χ1n) is 13.7. The van der Waals surface area contributed by atoms with E-state index in [4.69, 9.17) is 0 Å². The van der Waals surface area contributed by atoms with Gasteiger partial charge in [0.1, 0.15) is 6.17 Å². The Balaban J connectivity index is 1.59. The van der Waals surface area contributed by atoms with E-state index in [2.05, 4.69) is 76.8 Å². The Bertz CT molecular complexity index is 1290. The summed E-state index contributed by atoms with van der Waals surface area (Å²) in [7, 11) is 0. The summed E-state index contributed by atoms with van der Waals surface area (Å²) >= 11 is 1.80. The standard InChI is InChI=1S/C31H42N2OS/c1-30(2,3)22-18-24-28(34)23-17-21(12-13-26(23)35-29(24)25(19-22)31(4,5)6)20-33-16-10-15-32-14-9-7-8-11-27(32)33/h12-13,17-19,27H,7-11,14-16,20H2,1-6H3/p+1. The Morgan fingerprint density at radius 2 is 1.69 bits per heavy atom. The molecule has 0 bridgehead atoms. The second kappa shape index (κ2) is 9.28. The van der Waals surface area contributed by atoms with Gasteiger partial charge >= 0.3 is 0 Å². The summed E-state index contributed by atoms with van der Waals surface area (Å²) < 4.78 is 2.27. The summed E-state index contributed by atoms with van der Waals surface area (Å²) in [5.41, 5.74) is 4.01. The highest BCUT2D eigenvalue weighted by atomic mass is 32.1. The van der Waals surface area contributed by atoms with Crippen molar-refractivity contribution in [2.24, 2.45) is 0 Å². The topological polar surface area (TPSA) is 24.8 Å². The van der Waals surface area contributed by atoms with Crippen LogP contribution < -0.4 is 10.3 Å². The molecular formula is C31H43N2OS+. The molecular weight excluding hydrogens is 448 g/mol. The predicted molar refractivity (Wildman–Crippen MR) is 151 cm³/mol. The van der Waals surface area contributed by atoms with Gasteiger partial charge in [0.05, 0.1) is 13.1 Å². The van der Waals surface area contributed by atoms with Crippen molar-refractivity contribution in [2.45, 2.75) is 97.2 Å². The van der Waals surface area contributed by atoms with Crippen LogP contribution in [0.15, 0.2) is 35.1 Å². The summed E-state index contributed by atoms with van der Waals surface area (Å²) in [5.74, 6) is 0. The van der Waals surface area contributed by atoms with Gasteiger partial charge in [0, 0.05) is 46.1 Å². The van der Waals surface area contributed by atoms with Gasteiger partial charge in [-0.1, -0.05) is 53.7 Å². The number of hydrogen-bond donors (Lipinski definition) is 1. The van der Waals surface area contributed by atoms with Gasteiger partial charge in [-0.2, -0.15) is 0 Å². The van der Waals surface area contributed by atoms with E-state index in [0.29, 0.717) is 6.17 Å². The summed E-state index contributed by atoms with van der Waals surface area (Å²) in [5, 5.41) is 1.79. The maximum absolute atomic E-state index is 14.0. The van der Waals surface area contributed by atoms with Crippen LogP contribution in [0, 0.1) is 0 Å². The molecule has 0 spiro atoms. The van der Waals surface area contributed by atoms with Crippen LogP contribution in [-0.4, -0.2) is 30.7 Å². The second-order valence-electron chi connectivity index (χ2n) is 13.0. The Morgan fingerprint density at radius 3 is 2.43 bits per heavy atom. The molecule has 3 nitrogen and oxygen atoms in total. The molecule has 2 saturated heterocycles. The van der Waals surface area contributed by atoms with Crippen LogP contribution >= 0.6 is 11.3 Å². The first kappa shape index (κ1) is 24.9. The van der Waals surface area contributed by atoms with Gasteiger partial charge in [-0.15, -0.1) is 11.3 Å². The number of rotatable bonds is 2. The average Bonchev–Trinajstić information content (AvgIpc) is 3.04. The van der Waals surface area contributed by atoms with Crippen molar-refractivity contribution < 1.29 is 4.90 Å². The molecule has 0 aliphatic carbocycles. The zero-order valence-corrected chi connectivity index (χ0v) is 23.4. The number of fused-ring (bicyclic) bond motifs is 3. The first-order chi connectivity index (χ1) is 16.5. The van der Waals surface area contributed by atoms with Crippen LogP contribution in [0.25, 0.3) is 20.2 Å². The van der Waals surface area contributed by atoms with Gasteiger partial charge in [-0.3, -0.25) is 4.79 Å². The van der Waals surface area contributed by atoms with Crippen molar-refractivity contribution in [1.29, 1.82) is 0 Å². The van der Waals surface area contributed by atoms with Crippen LogP contribution in [0.4, 0.5) is 0 Å². The van der Waals surface area contributed by atoms with Gasteiger partial charge in [0.25, 0.3) is 0 Å². The molecule has 3 aromatic rings.